The van der Waals surface area contributed by atoms with Gasteiger partial charge in [0.05, 0.1) is 6.10 Å². The molecule has 0 aliphatic carbocycles. The molecule has 0 saturated heterocycles. The van der Waals surface area contributed by atoms with Crippen molar-refractivity contribution >= 4 is 12.0 Å². The lowest BCUT2D eigenvalue weighted by Gasteiger charge is -2.23. The quantitative estimate of drug-likeness (QED) is 0.599. The van der Waals surface area contributed by atoms with Crippen LogP contribution in [-0.2, 0) is 4.79 Å². The van der Waals surface area contributed by atoms with E-state index in [9.17, 15) is 9.59 Å². The van der Waals surface area contributed by atoms with E-state index in [4.69, 9.17) is 10.2 Å². The van der Waals surface area contributed by atoms with E-state index in [1.807, 2.05) is 0 Å². The molecular weight excluding hydrogens is 200 g/mol. The second kappa shape index (κ2) is 6.23. The Morgan fingerprint density at radius 1 is 1.33 bits per heavy atom. The molecule has 0 fully saturated rings. The molecule has 88 valence electrons. The van der Waals surface area contributed by atoms with Gasteiger partial charge in [0.25, 0.3) is 0 Å². The molecule has 3 N–H and O–H groups in total. The van der Waals surface area contributed by atoms with E-state index in [0.717, 1.165) is 0 Å². The molecule has 0 saturated carbocycles. The summed E-state index contributed by atoms with van der Waals surface area (Å²) >= 11 is 0. The fourth-order valence-electron chi connectivity index (χ4n) is 1.12. The Bertz CT molecular complexity index is 226. The molecule has 0 heterocycles. The number of amides is 2. The molecule has 2 atom stereocenters. The summed E-state index contributed by atoms with van der Waals surface area (Å²) in [6.45, 7) is 5.90. The maximum atomic E-state index is 11.5. The summed E-state index contributed by atoms with van der Waals surface area (Å²) in [4.78, 5) is 23.6. The third-order valence-electron chi connectivity index (χ3n) is 2.08. The number of urea groups is 1. The molecule has 0 spiro atoms. The van der Waals surface area contributed by atoms with Crippen molar-refractivity contribution in [1.82, 2.24) is 10.2 Å². The van der Waals surface area contributed by atoms with Crippen molar-refractivity contribution in [3.63, 3.8) is 0 Å². The van der Waals surface area contributed by atoms with E-state index in [1.54, 1.807) is 13.8 Å². The normalized spacial score (nSPS) is 14.1. The van der Waals surface area contributed by atoms with Gasteiger partial charge in [0.15, 0.2) is 6.04 Å². The number of nitrogens with one attached hydrogen (secondary N) is 1. The Hall–Kier alpha value is -1.30. The minimum atomic E-state index is -1.27. The molecule has 6 nitrogen and oxygen atoms in total. The first-order valence-electron chi connectivity index (χ1n) is 4.90. The van der Waals surface area contributed by atoms with Crippen LogP contribution < -0.4 is 5.32 Å². The number of nitrogens with zero attached hydrogens (tertiary/aromatic N) is 1. The molecule has 0 aliphatic heterocycles. The zero-order valence-electron chi connectivity index (χ0n) is 9.23. The summed E-state index contributed by atoms with van der Waals surface area (Å²) in [6, 6.07) is -1.74. The number of carbonyl (C=O) groups excluding carboxylic acids is 1. The smallest absolute Gasteiger partial charge is 0.328 e. The predicted molar refractivity (Wildman–Crippen MR) is 54.6 cm³/mol. The summed E-state index contributed by atoms with van der Waals surface area (Å²) in [5, 5.41) is 20.1. The Morgan fingerprint density at radius 2 is 1.80 bits per heavy atom. The topological polar surface area (TPSA) is 89.9 Å². The number of hydrogen-bond donors (Lipinski definition) is 3. The Balaban J connectivity index is 4.41. The molecule has 0 aromatic rings. The third-order valence-corrected chi connectivity index (χ3v) is 2.08. The van der Waals surface area contributed by atoms with Gasteiger partial charge in [-0.2, -0.15) is 0 Å². The molecule has 0 aromatic carbocycles. The van der Waals surface area contributed by atoms with Gasteiger partial charge >= 0.3 is 12.0 Å². The summed E-state index contributed by atoms with van der Waals surface area (Å²) in [5.41, 5.74) is 0. The molecule has 2 amide bonds. The average molecular weight is 218 g/mol. The Labute approximate surface area is 88.9 Å². The van der Waals surface area contributed by atoms with Crippen molar-refractivity contribution in [2.45, 2.75) is 32.9 Å². The molecule has 0 rings (SSSR count). The summed E-state index contributed by atoms with van der Waals surface area (Å²) in [6.07, 6.45) is -1.12. The van der Waals surface area contributed by atoms with Crippen molar-refractivity contribution < 1.29 is 19.8 Å². The third kappa shape index (κ3) is 4.16. The van der Waals surface area contributed by atoms with Crippen LogP contribution in [0.5, 0.6) is 0 Å². The van der Waals surface area contributed by atoms with Gasteiger partial charge in [-0.1, -0.05) is 0 Å². The van der Waals surface area contributed by atoms with E-state index in [2.05, 4.69) is 5.32 Å². The van der Waals surface area contributed by atoms with Crippen LogP contribution in [0.25, 0.3) is 0 Å². The van der Waals surface area contributed by atoms with E-state index in [-0.39, 0.29) is 0 Å². The maximum Gasteiger partial charge on any atom is 0.328 e. The highest BCUT2D eigenvalue weighted by Crippen LogP contribution is 1.96. The van der Waals surface area contributed by atoms with Crippen LogP contribution in [0.2, 0.25) is 0 Å². The first-order valence-corrected chi connectivity index (χ1v) is 4.90. The van der Waals surface area contributed by atoms with Gasteiger partial charge < -0.3 is 20.4 Å². The number of hydrogen-bond acceptors (Lipinski definition) is 3. The van der Waals surface area contributed by atoms with E-state index < -0.39 is 24.1 Å². The largest absolute Gasteiger partial charge is 0.480 e. The lowest BCUT2D eigenvalue weighted by molar-refractivity contribution is -0.141. The number of aliphatic hydroxyl groups is 1. The lowest BCUT2D eigenvalue weighted by atomic mass is 10.2. The zero-order chi connectivity index (χ0) is 12.0. The van der Waals surface area contributed by atoms with Crippen LogP contribution in [0.1, 0.15) is 20.8 Å². The SMILES string of the molecule is CCN(CC)C(=O)N[C@H](C(=O)O)[C@@H](C)O. The van der Waals surface area contributed by atoms with Crippen LogP contribution in [0.15, 0.2) is 0 Å². The van der Waals surface area contributed by atoms with Crippen LogP contribution >= 0.6 is 0 Å². The van der Waals surface area contributed by atoms with Gasteiger partial charge in [-0.15, -0.1) is 0 Å². The highest BCUT2D eigenvalue weighted by Gasteiger charge is 2.26. The molecule has 0 bridgehead atoms. The standard InChI is InChI=1S/C9H18N2O4/c1-4-11(5-2)9(15)10-7(6(3)12)8(13)14/h6-7,12H,4-5H2,1-3H3,(H,10,15)(H,13,14)/t6-,7+/m1/s1. The lowest BCUT2D eigenvalue weighted by Crippen LogP contribution is -2.52. The molecular formula is C9H18N2O4. The van der Waals surface area contributed by atoms with Crippen LogP contribution in [0.4, 0.5) is 4.79 Å². The van der Waals surface area contributed by atoms with Gasteiger partial charge in [-0.3, -0.25) is 0 Å². The van der Waals surface area contributed by atoms with Crippen molar-refractivity contribution in [3.8, 4) is 0 Å². The van der Waals surface area contributed by atoms with E-state index >= 15 is 0 Å². The highest BCUT2D eigenvalue weighted by molar-refractivity contribution is 5.83. The first kappa shape index (κ1) is 13.7. The van der Waals surface area contributed by atoms with Crippen LogP contribution in [0.3, 0.4) is 0 Å². The van der Waals surface area contributed by atoms with Gasteiger partial charge in [0, 0.05) is 13.1 Å². The summed E-state index contributed by atoms with van der Waals surface area (Å²) < 4.78 is 0. The second-order valence-corrected chi connectivity index (χ2v) is 3.18. The van der Waals surface area contributed by atoms with Gasteiger partial charge in [0.2, 0.25) is 0 Å². The fraction of sp³-hybridized carbons (Fsp3) is 0.778. The Morgan fingerprint density at radius 3 is 2.07 bits per heavy atom. The predicted octanol–water partition coefficient (Wildman–Crippen LogP) is -0.128. The monoisotopic (exact) mass is 218 g/mol. The number of carbonyl (C=O) groups is 2. The van der Waals surface area contributed by atoms with Gasteiger partial charge in [-0.05, 0) is 20.8 Å². The second-order valence-electron chi connectivity index (χ2n) is 3.18. The molecule has 0 aromatic heterocycles. The molecule has 6 heteroatoms. The van der Waals surface area contributed by atoms with E-state index in [1.165, 1.54) is 11.8 Å². The van der Waals surface area contributed by atoms with Crippen molar-refractivity contribution in [2.75, 3.05) is 13.1 Å². The number of carboxylic acid groups (broad SMARTS) is 1. The number of aliphatic carboxylic acids is 1. The summed E-state index contributed by atoms with van der Waals surface area (Å²) in [7, 11) is 0. The van der Waals surface area contributed by atoms with Crippen molar-refractivity contribution in [3.05, 3.63) is 0 Å². The van der Waals surface area contributed by atoms with Gasteiger partial charge in [-0.25, -0.2) is 9.59 Å². The highest BCUT2D eigenvalue weighted by atomic mass is 16.4. The summed E-state index contributed by atoms with van der Waals surface area (Å²) in [5.74, 6) is -1.24. The number of rotatable bonds is 5. The molecule has 15 heavy (non-hydrogen) atoms. The number of aliphatic hydroxyl groups excluding tert-OH is 1. The van der Waals surface area contributed by atoms with Crippen LogP contribution in [-0.4, -0.2) is 52.3 Å². The van der Waals surface area contributed by atoms with Crippen LogP contribution in [0, 0.1) is 0 Å². The average Bonchev–Trinajstić information content (AvgIpc) is 2.15. The Kier molecular flexibility index (Phi) is 5.69. The number of carboxylic acids is 1. The van der Waals surface area contributed by atoms with Crippen molar-refractivity contribution in [2.24, 2.45) is 0 Å². The van der Waals surface area contributed by atoms with E-state index in [0.29, 0.717) is 13.1 Å². The minimum Gasteiger partial charge on any atom is -0.480 e. The zero-order valence-corrected chi connectivity index (χ0v) is 9.23. The van der Waals surface area contributed by atoms with Crippen molar-refractivity contribution in [1.29, 1.82) is 0 Å². The fourth-order valence-corrected chi connectivity index (χ4v) is 1.12. The molecule has 0 radical (unpaired) electrons. The minimum absolute atomic E-state index is 0.478. The molecule has 0 unspecified atom stereocenters. The first-order chi connectivity index (χ1) is 6.93. The maximum absolute atomic E-state index is 11.5. The molecule has 0 aliphatic rings. The van der Waals surface area contributed by atoms with Gasteiger partial charge in [0.1, 0.15) is 0 Å².